The summed E-state index contributed by atoms with van der Waals surface area (Å²) in [6.07, 6.45) is 12.3. The van der Waals surface area contributed by atoms with Gasteiger partial charge in [0.15, 0.2) is 5.79 Å². The van der Waals surface area contributed by atoms with Crippen LogP contribution in [0.1, 0.15) is 78.6 Å². The molecule has 0 aromatic heterocycles. The van der Waals surface area contributed by atoms with E-state index in [0.29, 0.717) is 17.9 Å². The summed E-state index contributed by atoms with van der Waals surface area (Å²) in [4.78, 5) is 11.0. The second-order valence-corrected chi connectivity index (χ2v) is 8.13. The average molecular weight is 352 g/mol. The minimum atomic E-state index is -0.356. The molecular weight excluding hydrogens is 314 g/mol. The quantitative estimate of drug-likeness (QED) is 0.514. The highest BCUT2D eigenvalue weighted by atomic mass is 16.7. The molecule has 2 aliphatic rings. The molecule has 25 heavy (non-hydrogen) atoms. The summed E-state index contributed by atoms with van der Waals surface area (Å²) < 4.78 is 13.0. The van der Waals surface area contributed by atoms with Crippen molar-refractivity contribution in [1.29, 1.82) is 0 Å². The summed E-state index contributed by atoms with van der Waals surface area (Å²) in [6.45, 7) is 10.7. The van der Waals surface area contributed by atoms with E-state index in [0.717, 1.165) is 51.5 Å². The van der Waals surface area contributed by atoms with Crippen LogP contribution in [-0.4, -0.2) is 30.4 Å². The van der Waals surface area contributed by atoms with Gasteiger partial charge in [0, 0.05) is 26.3 Å². The van der Waals surface area contributed by atoms with E-state index in [-0.39, 0.29) is 17.8 Å². The van der Waals surface area contributed by atoms with Crippen molar-refractivity contribution in [3.63, 3.8) is 0 Å². The van der Waals surface area contributed by atoms with E-state index in [1.165, 1.54) is 12.8 Å². The maximum Gasteiger partial charge on any atom is 0.216 e. The number of hydrogen-bond donors (Lipinski definition) is 1. The van der Waals surface area contributed by atoms with Crippen LogP contribution in [0, 0.1) is 11.8 Å². The zero-order valence-corrected chi connectivity index (χ0v) is 16.4. The van der Waals surface area contributed by atoms with Crippen LogP contribution in [0.25, 0.3) is 0 Å². The molecule has 4 nitrogen and oxygen atoms in total. The Labute approximate surface area is 153 Å². The Bertz CT molecular complexity index is 439. The molecule has 1 spiro atoms. The number of carbonyl (C=O) groups is 1. The first-order valence-electron chi connectivity index (χ1n) is 10.2. The number of rotatable bonds is 8. The summed E-state index contributed by atoms with van der Waals surface area (Å²) in [5.74, 6) is 0.801. The summed E-state index contributed by atoms with van der Waals surface area (Å²) in [6, 6.07) is 0. The third kappa shape index (κ3) is 6.41. The first-order chi connectivity index (χ1) is 11.9. The third-order valence-electron chi connectivity index (χ3n) is 5.83. The van der Waals surface area contributed by atoms with Gasteiger partial charge in [-0.25, -0.2) is 0 Å². The van der Waals surface area contributed by atoms with Crippen molar-refractivity contribution in [1.82, 2.24) is 5.32 Å². The number of hydrogen-bond acceptors (Lipinski definition) is 3. The van der Waals surface area contributed by atoms with Gasteiger partial charge in [0.05, 0.1) is 12.2 Å². The minimum absolute atomic E-state index is 0.0429. The molecule has 2 unspecified atom stereocenters. The van der Waals surface area contributed by atoms with Gasteiger partial charge in [0.25, 0.3) is 0 Å². The Morgan fingerprint density at radius 1 is 1.32 bits per heavy atom. The van der Waals surface area contributed by atoms with E-state index in [4.69, 9.17) is 9.47 Å². The Kier molecular flexibility index (Phi) is 7.95. The summed E-state index contributed by atoms with van der Waals surface area (Å²) in [7, 11) is 0. The van der Waals surface area contributed by atoms with Gasteiger partial charge in [-0.1, -0.05) is 19.9 Å². The lowest BCUT2D eigenvalue weighted by atomic mass is 9.85. The van der Waals surface area contributed by atoms with E-state index in [9.17, 15) is 4.79 Å². The number of amides is 1. The molecule has 4 heteroatoms. The average Bonchev–Trinajstić information content (AvgIpc) is 2.59. The fraction of sp³-hybridized carbons (Fsp3) is 0.857. The van der Waals surface area contributed by atoms with Gasteiger partial charge in [-0.3, -0.25) is 4.79 Å². The molecule has 0 saturated carbocycles. The van der Waals surface area contributed by atoms with Gasteiger partial charge in [-0.15, -0.1) is 6.58 Å². The number of ether oxygens (including phenoxy) is 2. The second-order valence-electron chi connectivity index (χ2n) is 8.13. The first kappa shape index (κ1) is 20.4. The molecule has 0 aromatic rings. The van der Waals surface area contributed by atoms with Crippen molar-refractivity contribution in [2.24, 2.45) is 11.8 Å². The van der Waals surface area contributed by atoms with E-state index in [1.54, 1.807) is 6.92 Å². The molecule has 2 heterocycles. The molecule has 0 bridgehead atoms. The van der Waals surface area contributed by atoms with E-state index in [1.807, 2.05) is 6.08 Å². The molecule has 2 saturated heterocycles. The van der Waals surface area contributed by atoms with E-state index in [2.05, 4.69) is 25.7 Å². The van der Waals surface area contributed by atoms with Gasteiger partial charge in [-0.2, -0.15) is 0 Å². The van der Waals surface area contributed by atoms with Crippen LogP contribution < -0.4 is 5.32 Å². The normalized spacial score (nSPS) is 33.8. The Morgan fingerprint density at radius 2 is 2.12 bits per heavy atom. The van der Waals surface area contributed by atoms with Crippen LogP contribution in [0.4, 0.5) is 0 Å². The van der Waals surface area contributed by atoms with E-state index >= 15 is 0 Å². The zero-order valence-electron chi connectivity index (χ0n) is 16.4. The first-order valence-corrected chi connectivity index (χ1v) is 10.2. The smallest absolute Gasteiger partial charge is 0.216 e. The lowest BCUT2D eigenvalue weighted by Gasteiger charge is -2.48. The largest absolute Gasteiger partial charge is 0.356 e. The Hall–Kier alpha value is -0.870. The predicted octanol–water partition coefficient (Wildman–Crippen LogP) is 4.59. The highest BCUT2D eigenvalue weighted by Gasteiger charge is 2.44. The lowest BCUT2D eigenvalue weighted by Crippen LogP contribution is -2.50. The van der Waals surface area contributed by atoms with Crippen LogP contribution in [-0.2, 0) is 14.3 Å². The SMILES string of the molecule is C=C[C@@H](C)CC[C@@H]1CCCC2(CCC(C)[C@@H](CCCNC(C)=O)O2)O1. The van der Waals surface area contributed by atoms with Gasteiger partial charge >= 0.3 is 0 Å². The highest BCUT2D eigenvalue weighted by Crippen LogP contribution is 2.42. The van der Waals surface area contributed by atoms with Gasteiger partial charge in [0.2, 0.25) is 5.91 Å². The van der Waals surface area contributed by atoms with Crippen LogP contribution in [0.3, 0.4) is 0 Å². The molecule has 5 atom stereocenters. The highest BCUT2D eigenvalue weighted by molar-refractivity contribution is 5.72. The van der Waals surface area contributed by atoms with Crippen LogP contribution in [0.5, 0.6) is 0 Å². The lowest BCUT2D eigenvalue weighted by molar-refractivity contribution is -0.324. The fourth-order valence-corrected chi connectivity index (χ4v) is 4.06. The standard InChI is InChI=1S/C21H37NO3/c1-5-16(2)10-11-19-8-6-13-21(24-19)14-12-17(3)20(25-21)9-7-15-22-18(4)23/h5,16-17,19-20H,1,6-15H2,2-4H3,(H,22,23)/t16-,17?,19+,20-,21?/m1/s1. The predicted molar refractivity (Wildman–Crippen MR) is 101 cm³/mol. The van der Waals surface area contributed by atoms with Crippen molar-refractivity contribution in [2.45, 2.75) is 96.6 Å². The summed E-state index contributed by atoms with van der Waals surface area (Å²) in [5.41, 5.74) is 0. The van der Waals surface area contributed by atoms with Crippen molar-refractivity contribution >= 4 is 5.91 Å². The number of nitrogens with one attached hydrogen (secondary N) is 1. The molecule has 2 fully saturated rings. The van der Waals surface area contributed by atoms with Crippen LogP contribution in [0.15, 0.2) is 12.7 Å². The van der Waals surface area contributed by atoms with Crippen molar-refractivity contribution < 1.29 is 14.3 Å². The molecule has 0 aliphatic carbocycles. The molecule has 1 amide bonds. The molecular formula is C21H37NO3. The summed E-state index contributed by atoms with van der Waals surface area (Å²) in [5, 5.41) is 2.88. The third-order valence-corrected chi connectivity index (χ3v) is 5.83. The Morgan fingerprint density at radius 3 is 2.84 bits per heavy atom. The maximum atomic E-state index is 11.0. The van der Waals surface area contributed by atoms with Crippen LogP contribution >= 0.6 is 0 Å². The zero-order chi connectivity index (χ0) is 18.3. The molecule has 2 rings (SSSR count). The number of carbonyl (C=O) groups excluding carboxylic acids is 1. The minimum Gasteiger partial charge on any atom is -0.356 e. The second kappa shape index (κ2) is 9.72. The monoisotopic (exact) mass is 351 g/mol. The molecule has 1 N–H and O–H groups in total. The molecule has 2 aliphatic heterocycles. The fourth-order valence-electron chi connectivity index (χ4n) is 4.06. The van der Waals surface area contributed by atoms with Gasteiger partial charge in [-0.05, 0) is 56.8 Å². The molecule has 0 radical (unpaired) electrons. The van der Waals surface area contributed by atoms with Crippen molar-refractivity contribution in [2.75, 3.05) is 6.54 Å². The van der Waals surface area contributed by atoms with Gasteiger partial charge in [0.1, 0.15) is 0 Å². The maximum absolute atomic E-state index is 11.0. The Balaban J connectivity index is 1.84. The van der Waals surface area contributed by atoms with Crippen molar-refractivity contribution in [3.05, 3.63) is 12.7 Å². The van der Waals surface area contributed by atoms with Crippen LogP contribution in [0.2, 0.25) is 0 Å². The summed E-state index contributed by atoms with van der Waals surface area (Å²) >= 11 is 0. The van der Waals surface area contributed by atoms with Crippen molar-refractivity contribution in [3.8, 4) is 0 Å². The number of allylic oxidation sites excluding steroid dienone is 1. The van der Waals surface area contributed by atoms with E-state index < -0.39 is 0 Å². The molecule has 0 aromatic carbocycles. The molecule has 144 valence electrons. The van der Waals surface area contributed by atoms with Gasteiger partial charge < -0.3 is 14.8 Å². The topological polar surface area (TPSA) is 47.6 Å².